The molecule has 0 radical (unpaired) electrons. The number of alkyl halides is 1. The SMILES string of the molecule is Cc1cc(C)c(OCCCNC(=O)CCl)c(C)c1. The summed E-state index contributed by atoms with van der Waals surface area (Å²) in [5, 5.41) is 2.71. The molecule has 18 heavy (non-hydrogen) atoms. The largest absolute Gasteiger partial charge is 0.493 e. The normalized spacial score (nSPS) is 10.2. The summed E-state index contributed by atoms with van der Waals surface area (Å²) in [5.41, 5.74) is 3.54. The molecule has 1 rings (SSSR count). The molecule has 0 aliphatic heterocycles. The third kappa shape index (κ3) is 4.57. The van der Waals surface area contributed by atoms with Gasteiger partial charge in [0, 0.05) is 6.54 Å². The van der Waals surface area contributed by atoms with Crippen molar-refractivity contribution >= 4 is 17.5 Å². The molecular weight excluding hydrogens is 250 g/mol. The van der Waals surface area contributed by atoms with Gasteiger partial charge < -0.3 is 10.1 Å². The Balaban J connectivity index is 2.38. The highest BCUT2D eigenvalue weighted by Gasteiger charge is 2.04. The number of halogens is 1. The Labute approximate surface area is 113 Å². The van der Waals surface area contributed by atoms with Gasteiger partial charge >= 0.3 is 0 Å². The summed E-state index contributed by atoms with van der Waals surface area (Å²) in [7, 11) is 0. The van der Waals surface area contributed by atoms with Crippen molar-refractivity contribution in [1.82, 2.24) is 5.32 Å². The van der Waals surface area contributed by atoms with Crippen molar-refractivity contribution < 1.29 is 9.53 Å². The summed E-state index contributed by atoms with van der Waals surface area (Å²) >= 11 is 5.37. The molecule has 1 N–H and O–H groups in total. The predicted octanol–water partition coefficient (Wildman–Crippen LogP) is 2.74. The van der Waals surface area contributed by atoms with E-state index in [4.69, 9.17) is 16.3 Å². The van der Waals surface area contributed by atoms with Crippen LogP contribution in [0.3, 0.4) is 0 Å². The van der Waals surface area contributed by atoms with Gasteiger partial charge in [0.2, 0.25) is 5.91 Å². The summed E-state index contributed by atoms with van der Waals surface area (Å²) < 4.78 is 5.75. The van der Waals surface area contributed by atoms with Gasteiger partial charge in [-0.1, -0.05) is 17.7 Å². The van der Waals surface area contributed by atoms with Crippen LogP contribution in [0.5, 0.6) is 5.75 Å². The molecule has 0 bridgehead atoms. The lowest BCUT2D eigenvalue weighted by atomic mass is 10.1. The number of amides is 1. The molecule has 1 amide bonds. The Morgan fingerprint density at radius 2 is 1.89 bits per heavy atom. The minimum atomic E-state index is -0.139. The number of hydrogen-bond acceptors (Lipinski definition) is 2. The summed E-state index contributed by atoms with van der Waals surface area (Å²) in [4.78, 5) is 10.9. The van der Waals surface area contributed by atoms with Crippen LogP contribution < -0.4 is 10.1 Å². The number of ether oxygens (including phenoxy) is 1. The molecule has 0 aromatic heterocycles. The molecule has 4 heteroatoms. The van der Waals surface area contributed by atoms with E-state index in [1.165, 1.54) is 5.56 Å². The maximum Gasteiger partial charge on any atom is 0.234 e. The number of rotatable bonds is 6. The smallest absolute Gasteiger partial charge is 0.234 e. The van der Waals surface area contributed by atoms with Crippen LogP contribution in [0.25, 0.3) is 0 Å². The van der Waals surface area contributed by atoms with Crippen LogP contribution in [0.15, 0.2) is 12.1 Å². The van der Waals surface area contributed by atoms with E-state index in [0.717, 1.165) is 23.3 Å². The van der Waals surface area contributed by atoms with Crippen molar-refractivity contribution in [2.24, 2.45) is 0 Å². The first kappa shape index (κ1) is 14.8. The molecule has 0 aliphatic rings. The number of nitrogens with one attached hydrogen (secondary N) is 1. The van der Waals surface area contributed by atoms with E-state index >= 15 is 0 Å². The number of aryl methyl sites for hydroxylation is 3. The summed E-state index contributed by atoms with van der Waals surface area (Å²) in [5.74, 6) is 0.820. The first-order valence-electron chi connectivity index (χ1n) is 6.08. The molecule has 3 nitrogen and oxygen atoms in total. The van der Waals surface area contributed by atoms with Gasteiger partial charge in [0.25, 0.3) is 0 Å². The maximum absolute atomic E-state index is 10.9. The Hall–Kier alpha value is -1.22. The average molecular weight is 270 g/mol. The van der Waals surface area contributed by atoms with Gasteiger partial charge in [-0.05, 0) is 38.3 Å². The van der Waals surface area contributed by atoms with Gasteiger partial charge in [0.15, 0.2) is 0 Å². The summed E-state index contributed by atoms with van der Waals surface area (Å²) in [6, 6.07) is 4.22. The van der Waals surface area contributed by atoms with Crippen LogP contribution in [-0.2, 0) is 4.79 Å². The first-order valence-corrected chi connectivity index (χ1v) is 6.61. The number of benzene rings is 1. The Bertz CT molecular complexity index is 395. The molecule has 0 fully saturated rings. The van der Waals surface area contributed by atoms with Crippen molar-refractivity contribution in [2.45, 2.75) is 27.2 Å². The van der Waals surface area contributed by atoms with Gasteiger partial charge in [0.1, 0.15) is 11.6 Å². The molecule has 1 aromatic carbocycles. The Morgan fingerprint density at radius 3 is 2.44 bits per heavy atom. The van der Waals surface area contributed by atoms with Crippen molar-refractivity contribution in [3.63, 3.8) is 0 Å². The summed E-state index contributed by atoms with van der Waals surface area (Å²) in [6.45, 7) is 7.35. The lowest BCUT2D eigenvalue weighted by Crippen LogP contribution is -2.26. The van der Waals surface area contributed by atoms with Crippen LogP contribution in [0.4, 0.5) is 0 Å². The van der Waals surface area contributed by atoms with Gasteiger partial charge in [-0.3, -0.25) is 4.79 Å². The Morgan fingerprint density at radius 1 is 1.28 bits per heavy atom. The third-order valence-corrected chi connectivity index (χ3v) is 2.86. The lowest BCUT2D eigenvalue weighted by molar-refractivity contribution is -0.118. The van der Waals surface area contributed by atoms with E-state index in [-0.39, 0.29) is 11.8 Å². The maximum atomic E-state index is 10.9. The quantitative estimate of drug-likeness (QED) is 0.637. The fraction of sp³-hybridized carbons (Fsp3) is 0.500. The lowest BCUT2D eigenvalue weighted by Gasteiger charge is -2.13. The molecule has 1 aromatic rings. The number of carbonyl (C=O) groups is 1. The van der Waals surface area contributed by atoms with Crippen LogP contribution in [0.2, 0.25) is 0 Å². The minimum absolute atomic E-state index is 0.0109. The molecule has 100 valence electrons. The highest BCUT2D eigenvalue weighted by molar-refractivity contribution is 6.27. The van der Waals surface area contributed by atoms with Crippen molar-refractivity contribution in [2.75, 3.05) is 19.0 Å². The standard InChI is InChI=1S/C14H20ClNO2/c1-10-7-11(2)14(12(3)8-10)18-6-4-5-16-13(17)9-15/h7-8H,4-6,9H2,1-3H3,(H,16,17). The second-order valence-corrected chi connectivity index (χ2v) is 4.68. The molecule has 0 unspecified atom stereocenters. The highest BCUT2D eigenvalue weighted by Crippen LogP contribution is 2.24. The van der Waals surface area contributed by atoms with Gasteiger partial charge in [0.05, 0.1) is 6.61 Å². The molecule has 0 saturated carbocycles. The van der Waals surface area contributed by atoms with Crippen molar-refractivity contribution in [3.8, 4) is 5.75 Å². The molecule has 0 spiro atoms. The predicted molar refractivity (Wildman–Crippen MR) is 74.5 cm³/mol. The van der Waals surface area contributed by atoms with Gasteiger partial charge in [-0.25, -0.2) is 0 Å². The van der Waals surface area contributed by atoms with Crippen molar-refractivity contribution in [1.29, 1.82) is 0 Å². The summed E-state index contributed by atoms with van der Waals surface area (Å²) in [6.07, 6.45) is 0.773. The van der Waals surface area contributed by atoms with E-state index in [0.29, 0.717) is 13.2 Å². The zero-order valence-electron chi connectivity index (χ0n) is 11.2. The van der Waals surface area contributed by atoms with E-state index in [9.17, 15) is 4.79 Å². The molecule has 0 atom stereocenters. The van der Waals surface area contributed by atoms with E-state index in [1.54, 1.807) is 0 Å². The van der Waals surface area contributed by atoms with Gasteiger partial charge in [-0.2, -0.15) is 0 Å². The number of hydrogen-bond donors (Lipinski definition) is 1. The molecular formula is C14H20ClNO2. The molecule has 0 saturated heterocycles. The first-order chi connectivity index (χ1) is 8.54. The Kier molecular flexibility index (Phi) is 5.99. The second kappa shape index (κ2) is 7.27. The zero-order chi connectivity index (χ0) is 13.5. The minimum Gasteiger partial charge on any atom is -0.493 e. The topological polar surface area (TPSA) is 38.3 Å². The van der Waals surface area contributed by atoms with Crippen molar-refractivity contribution in [3.05, 3.63) is 28.8 Å². The highest BCUT2D eigenvalue weighted by atomic mass is 35.5. The van der Waals surface area contributed by atoms with Crippen LogP contribution in [0, 0.1) is 20.8 Å². The average Bonchev–Trinajstić information content (AvgIpc) is 2.31. The number of carbonyl (C=O) groups excluding carboxylic acids is 1. The fourth-order valence-electron chi connectivity index (χ4n) is 1.92. The van der Waals surface area contributed by atoms with E-state index in [2.05, 4.69) is 24.4 Å². The van der Waals surface area contributed by atoms with Gasteiger partial charge in [-0.15, -0.1) is 11.6 Å². The monoisotopic (exact) mass is 269 g/mol. The van der Waals surface area contributed by atoms with E-state index in [1.807, 2.05) is 13.8 Å². The van der Waals surface area contributed by atoms with Crippen LogP contribution in [-0.4, -0.2) is 24.9 Å². The van der Waals surface area contributed by atoms with Crippen LogP contribution >= 0.6 is 11.6 Å². The van der Waals surface area contributed by atoms with Crippen LogP contribution in [0.1, 0.15) is 23.1 Å². The molecule has 0 aliphatic carbocycles. The zero-order valence-corrected chi connectivity index (χ0v) is 11.9. The fourth-order valence-corrected chi connectivity index (χ4v) is 2.01. The molecule has 0 heterocycles. The third-order valence-electron chi connectivity index (χ3n) is 2.62. The van der Waals surface area contributed by atoms with E-state index < -0.39 is 0 Å². The second-order valence-electron chi connectivity index (χ2n) is 4.41.